The number of nitrogens with one attached hydrogen (secondary N) is 2. The number of hydrogen-bond acceptors (Lipinski definition) is 4. The van der Waals surface area contributed by atoms with Crippen LogP contribution >= 0.6 is 0 Å². The number of fused-ring (bicyclic) bond motifs is 2. The van der Waals surface area contributed by atoms with Crippen molar-refractivity contribution in [1.29, 1.82) is 5.41 Å². The lowest BCUT2D eigenvalue weighted by Gasteiger charge is -2.19. The summed E-state index contributed by atoms with van der Waals surface area (Å²) in [6.45, 7) is 6.21. The van der Waals surface area contributed by atoms with E-state index in [-0.39, 0.29) is 28.6 Å². The predicted octanol–water partition coefficient (Wildman–Crippen LogP) is 3.34. The Balaban J connectivity index is 1.91. The molecule has 0 aliphatic carbocycles. The van der Waals surface area contributed by atoms with Crippen LogP contribution in [-0.2, 0) is 6.54 Å². The molecular formula is C24H25N5O2. The van der Waals surface area contributed by atoms with Crippen molar-refractivity contribution in [3.05, 3.63) is 87.3 Å². The van der Waals surface area contributed by atoms with E-state index < -0.39 is 0 Å². The first-order chi connectivity index (χ1) is 14.9. The molecule has 0 bridgehead atoms. The summed E-state index contributed by atoms with van der Waals surface area (Å²) in [4.78, 5) is 31.0. The molecule has 31 heavy (non-hydrogen) atoms. The van der Waals surface area contributed by atoms with Crippen LogP contribution in [0, 0.1) is 12.3 Å². The van der Waals surface area contributed by atoms with Gasteiger partial charge < -0.3 is 9.88 Å². The summed E-state index contributed by atoms with van der Waals surface area (Å²) >= 11 is 0. The van der Waals surface area contributed by atoms with E-state index in [1.165, 1.54) is 10.5 Å². The van der Waals surface area contributed by atoms with Gasteiger partial charge in [-0.25, -0.2) is 4.98 Å². The third-order valence-corrected chi connectivity index (χ3v) is 5.57. The number of carbonyl (C=O) groups is 1. The predicted molar refractivity (Wildman–Crippen MR) is 120 cm³/mol. The fraction of sp³-hybridized carbons (Fsp3) is 0.250. The van der Waals surface area contributed by atoms with Crippen LogP contribution in [0.5, 0.6) is 0 Å². The molecule has 4 rings (SSSR count). The Hall–Kier alpha value is -3.74. The van der Waals surface area contributed by atoms with Crippen LogP contribution in [0.2, 0.25) is 0 Å². The van der Waals surface area contributed by atoms with Gasteiger partial charge in [0, 0.05) is 18.8 Å². The molecule has 0 saturated carbocycles. The van der Waals surface area contributed by atoms with Gasteiger partial charge in [0.1, 0.15) is 16.8 Å². The number of carbonyl (C=O) groups excluding carboxylic acids is 1. The summed E-state index contributed by atoms with van der Waals surface area (Å²) in [6.07, 6.45) is 2.47. The van der Waals surface area contributed by atoms with Crippen molar-refractivity contribution in [2.75, 3.05) is 0 Å². The molecule has 1 atom stereocenters. The number of amides is 1. The van der Waals surface area contributed by atoms with Gasteiger partial charge in [-0.3, -0.25) is 19.4 Å². The zero-order valence-corrected chi connectivity index (χ0v) is 17.8. The third-order valence-electron chi connectivity index (χ3n) is 5.57. The van der Waals surface area contributed by atoms with Crippen LogP contribution in [0.25, 0.3) is 16.7 Å². The smallest absolute Gasteiger partial charge is 0.267 e. The molecule has 1 amide bonds. The molecule has 0 aliphatic heterocycles. The number of aromatic nitrogens is 3. The van der Waals surface area contributed by atoms with Gasteiger partial charge in [-0.1, -0.05) is 43.3 Å². The molecule has 0 spiro atoms. The highest BCUT2D eigenvalue weighted by molar-refractivity contribution is 5.96. The van der Waals surface area contributed by atoms with Crippen molar-refractivity contribution in [2.24, 2.45) is 0 Å². The molecule has 7 nitrogen and oxygen atoms in total. The summed E-state index contributed by atoms with van der Waals surface area (Å²) in [5.41, 5.74) is 2.79. The van der Waals surface area contributed by atoms with Crippen LogP contribution in [0.15, 0.2) is 59.5 Å². The topological polar surface area (TPSA) is 92.2 Å². The SMILES string of the molecule is CC[C@@H](C)n1c(=N)c(C(=O)NCc2ccccc2)cc2c(=O)n3cc(C)ccc3nc21. The van der Waals surface area contributed by atoms with Crippen LogP contribution in [0.1, 0.15) is 47.8 Å². The van der Waals surface area contributed by atoms with Gasteiger partial charge in [0.15, 0.2) is 0 Å². The summed E-state index contributed by atoms with van der Waals surface area (Å²) in [5, 5.41) is 11.9. The average Bonchev–Trinajstić information content (AvgIpc) is 2.78. The van der Waals surface area contributed by atoms with Gasteiger partial charge in [0.25, 0.3) is 11.5 Å². The van der Waals surface area contributed by atoms with Crippen LogP contribution < -0.4 is 16.4 Å². The van der Waals surface area contributed by atoms with E-state index in [1.807, 2.05) is 57.2 Å². The first kappa shape index (κ1) is 20.5. The summed E-state index contributed by atoms with van der Waals surface area (Å²) in [7, 11) is 0. The number of rotatable bonds is 5. The number of aryl methyl sites for hydroxylation is 1. The molecule has 0 fully saturated rings. The van der Waals surface area contributed by atoms with Crippen molar-refractivity contribution in [2.45, 2.75) is 39.8 Å². The van der Waals surface area contributed by atoms with E-state index in [1.54, 1.807) is 16.8 Å². The largest absolute Gasteiger partial charge is 0.348 e. The second-order valence-corrected chi connectivity index (χ2v) is 7.79. The van der Waals surface area contributed by atoms with E-state index in [0.717, 1.165) is 17.5 Å². The zero-order chi connectivity index (χ0) is 22.1. The maximum Gasteiger partial charge on any atom is 0.267 e. The Labute approximate surface area is 179 Å². The van der Waals surface area contributed by atoms with Crippen molar-refractivity contribution >= 4 is 22.6 Å². The highest BCUT2D eigenvalue weighted by atomic mass is 16.1. The van der Waals surface area contributed by atoms with Crippen molar-refractivity contribution in [3.8, 4) is 0 Å². The second kappa shape index (κ2) is 8.18. The molecule has 3 aromatic heterocycles. The van der Waals surface area contributed by atoms with Gasteiger partial charge >= 0.3 is 0 Å². The first-order valence-electron chi connectivity index (χ1n) is 10.4. The van der Waals surface area contributed by atoms with Gasteiger partial charge in [-0.2, -0.15) is 0 Å². The van der Waals surface area contributed by atoms with E-state index >= 15 is 0 Å². The molecule has 1 aromatic carbocycles. The second-order valence-electron chi connectivity index (χ2n) is 7.79. The fourth-order valence-corrected chi connectivity index (χ4v) is 3.66. The number of hydrogen-bond donors (Lipinski definition) is 2. The van der Waals surface area contributed by atoms with E-state index in [4.69, 9.17) is 5.41 Å². The van der Waals surface area contributed by atoms with Gasteiger partial charge in [-0.05, 0) is 43.5 Å². The fourth-order valence-electron chi connectivity index (χ4n) is 3.66. The van der Waals surface area contributed by atoms with E-state index in [2.05, 4.69) is 10.3 Å². The van der Waals surface area contributed by atoms with Crippen molar-refractivity contribution in [3.63, 3.8) is 0 Å². The average molecular weight is 415 g/mol. The molecule has 3 heterocycles. The summed E-state index contributed by atoms with van der Waals surface area (Å²) in [5.74, 6) is -0.387. The highest BCUT2D eigenvalue weighted by Gasteiger charge is 2.19. The minimum atomic E-state index is -0.387. The molecule has 4 aromatic rings. The molecule has 0 radical (unpaired) electrons. The number of pyridine rings is 2. The maximum atomic E-state index is 13.3. The van der Waals surface area contributed by atoms with Crippen LogP contribution in [-0.4, -0.2) is 19.9 Å². The Morgan fingerprint density at radius 2 is 1.94 bits per heavy atom. The molecule has 158 valence electrons. The molecule has 0 unspecified atom stereocenters. The highest BCUT2D eigenvalue weighted by Crippen LogP contribution is 2.17. The standard InChI is InChI=1S/C24H25N5O2/c1-4-16(3)29-21(25)18(23(30)26-13-17-8-6-5-7-9-17)12-19-22(29)27-20-11-10-15(2)14-28(20)24(19)31/h5-12,14,16,25H,4,13H2,1-3H3,(H,26,30)/t16-/m1/s1. The zero-order valence-electron chi connectivity index (χ0n) is 17.8. The summed E-state index contributed by atoms with van der Waals surface area (Å²) < 4.78 is 3.18. The Bertz CT molecular complexity index is 1400. The molecule has 0 aliphatic rings. The van der Waals surface area contributed by atoms with Crippen LogP contribution in [0.3, 0.4) is 0 Å². The van der Waals surface area contributed by atoms with Gasteiger partial charge in [-0.15, -0.1) is 0 Å². The Morgan fingerprint density at radius 3 is 2.65 bits per heavy atom. The van der Waals surface area contributed by atoms with E-state index in [0.29, 0.717) is 23.2 Å². The van der Waals surface area contributed by atoms with Crippen LogP contribution in [0.4, 0.5) is 0 Å². The maximum absolute atomic E-state index is 13.3. The van der Waals surface area contributed by atoms with Gasteiger partial charge in [0.2, 0.25) is 0 Å². The number of nitrogens with zero attached hydrogens (tertiary/aromatic N) is 3. The Kier molecular flexibility index (Phi) is 5.42. The molecule has 7 heteroatoms. The molecule has 0 saturated heterocycles. The first-order valence-corrected chi connectivity index (χ1v) is 10.4. The molecule has 2 N–H and O–H groups in total. The lowest BCUT2D eigenvalue weighted by molar-refractivity contribution is 0.0948. The third kappa shape index (κ3) is 3.74. The lowest BCUT2D eigenvalue weighted by Crippen LogP contribution is -2.35. The minimum Gasteiger partial charge on any atom is -0.348 e. The molecular weight excluding hydrogens is 390 g/mol. The van der Waals surface area contributed by atoms with E-state index in [9.17, 15) is 9.59 Å². The quantitative estimate of drug-likeness (QED) is 0.490. The Morgan fingerprint density at radius 1 is 1.19 bits per heavy atom. The lowest BCUT2D eigenvalue weighted by atomic mass is 10.1. The van der Waals surface area contributed by atoms with Gasteiger partial charge in [0.05, 0.1) is 10.9 Å². The monoisotopic (exact) mass is 415 g/mol. The normalized spacial score (nSPS) is 12.2. The number of benzene rings is 1. The van der Waals surface area contributed by atoms with Crippen molar-refractivity contribution < 1.29 is 4.79 Å². The summed E-state index contributed by atoms with van der Waals surface area (Å²) in [6, 6.07) is 14.7. The minimum absolute atomic E-state index is 0.0516. The van der Waals surface area contributed by atoms with Crippen molar-refractivity contribution in [1.82, 2.24) is 19.3 Å².